The fourth-order valence-electron chi connectivity index (χ4n) is 9.57. The number of aliphatic imine (C=N–C) groups is 4. The Morgan fingerprint density at radius 2 is 0.378 bits per heavy atom. The van der Waals surface area contributed by atoms with Gasteiger partial charge in [-0.2, -0.15) is 0 Å². The molecular weight excluding hydrogens is 1650 g/mol. The zero-order chi connectivity index (χ0) is 84.3. The maximum absolute atomic E-state index is 12.2. The Hall–Kier alpha value is -2.91. The van der Waals surface area contributed by atoms with E-state index in [0.717, 1.165) is 107 Å². The van der Waals surface area contributed by atoms with Crippen LogP contribution in [0.5, 0.6) is 0 Å². The molecule has 0 unspecified atom stereocenters. The first-order chi connectivity index (χ1) is 50.8. The van der Waals surface area contributed by atoms with Gasteiger partial charge in [-0.05, 0) is 179 Å². The molecule has 0 N–H and O–H groups in total. The molecule has 0 atom stereocenters. The molecule has 5 rings (SSSR count). The second-order valence-corrected chi connectivity index (χ2v) is 33.1. The van der Waals surface area contributed by atoms with Crippen molar-refractivity contribution in [3.05, 3.63) is 117 Å². The van der Waals surface area contributed by atoms with Crippen LogP contribution in [0.15, 0.2) is 92.8 Å². The van der Waals surface area contributed by atoms with Gasteiger partial charge in [-0.3, -0.25) is 20.0 Å². The summed E-state index contributed by atoms with van der Waals surface area (Å²) in [4.78, 5) is 17.7. The predicted octanol–water partition coefficient (Wildman–Crippen LogP) is 17.7. The molecule has 0 aromatic heterocycles. The first-order valence-electron chi connectivity index (χ1n) is 40.6. The predicted molar refractivity (Wildman–Crippen MR) is 456 cm³/mol. The van der Waals surface area contributed by atoms with Crippen molar-refractivity contribution in [1.82, 2.24) is 0 Å². The van der Waals surface area contributed by atoms with E-state index in [1.54, 1.807) is 0 Å². The van der Waals surface area contributed by atoms with Crippen LogP contribution in [0, 0.1) is 52.8 Å². The topological polar surface area (TPSA) is 225 Å². The third-order valence-corrected chi connectivity index (χ3v) is 16.2. The van der Waals surface area contributed by atoms with Crippen molar-refractivity contribution < 1.29 is 146 Å². The van der Waals surface area contributed by atoms with Gasteiger partial charge >= 0.3 is 82.5 Å². The molecule has 4 aromatic rings. The van der Waals surface area contributed by atoms with Gasteiger partial charge in [0.2, 0.25) is 0 Å². The number of ether oxygens (including phenoxy) is 9. The molecule has 17 nitrogen and oxygen atoms in total. The van der Waals surface area contributed by atoms with Crippen molar-refractivity contribution >= 4 is 46.3 Å². The Balaban J connectivity index is -0.000000400. The van der Waals surface area contributed by atoms with Crippen LogP contribution in [-0.4, -0.2) is 143 Å². The number of rotatable bonds is 18. The second kappa shape index (κ2) is 65.1. The zero-order valence-corrected chi connectivity index (χ0v) is 84.2. The van der Waals surface area contributed by atoms with Crippen LogP contribution in [-0.2, 0) is 42.6 Å². The van der Waals surface area contributed by atoms with Crippen LogP contribution in [0.1, 0.15) is 327 Å². The molecule has 1 saturated heterocycles. The first kappa shape index (κ1) is 117. The summed E-state index contributed by atoms with van der Waals surface area (Å²) in [6, 6.07) is 24.8. The summed E-state index contributed by atoms with van der Waals surface area (Å²) >= 11 is 0. The van der Waals surface area contributed by atoms with Gasteiger partial charge in [0.1, 0.15) is 0 Å². The van der Waals surface area contributed by atoms with E-state index < -0.39 is 21.7 Å². The Kier molecular flexibility index (Phi) is 68.4. The first-order valence-corrected chi connectivity index (χ1v) is 40.6. The summed E-state index contributed by atoms with van der Waals surface area (Å²) in [6.07, 6.45) is 0. The largest absolute Gasteiger partial charge is 3.00 e. The summed E-state index contributed by atoms with van der Waals surface area (Å²) in [6.45, 7) is 81.2. The molecule has 0 saturated carbocycles. The van der Waals surface area contributed by atoms with Crippen molar-refractivity contribution in [3.63, 3.8) is 0 Å². The Bertz CT molecular complexity index is 2560. The van der Waals surface area contributed by atoms with E-state index in [9.17, 15) is 20.4 Å². The fourth-order valence-corrected chi connectivity index (χ4v) is 9.57. The van der Waals surface area contributed by atoms with Crippen LogP contribution in [0.3, 0.4) is 0 Å². The normalized spacial score (nSPS) is 14.2. The zero-order valence-electron chi connectivity index (χ0n) is 76.9. The third-order valence-electron chi connectivity index (χ3n) is 16.2. The smallest absolute Gasteiger partial charge is 0.861 e. The summed E-state index contributed by atoms with van der Waals surface area (Å²) in [5, 5.41) is 48.9. The van der Waals surface area contributed by atoms with Crippen LogP contribution in [0.25, 0.3) is 0 Å². The molecule has 1 heterocycles. The molecule has 1 aliphatic rings. The van der Waals surface area contributed by atoms with Gasteiger partial charge < -0.3 is 63.1 Å². The van der Waals surface area contributed by atoms with Crippen LogP contribution < -0.4 is 71.8 Å². The van der Waals surface area contributed by atoms with Gasteiger partial charge in [0.25, 0.3) is 0 Å². The molecule has 111 heavy (non-hydrogen) atoms. The van der Waals surface area contributed by atoms with E-state index in [1.807, 2.05) is 125 Å². The SMILES string of the molecule is C1COCCOCCOCCOCCOCCO1.CC(C)c1cccc(C(C)C)c1N=C([O-])C(C)(C)C.CC(C)c1cccc(C(C)C)c1N=C([O-])C(C)(C)C.CC(C)c1cccc(C(C)C)c1N=C([O-])C(C)(C)C.CC(C)c1cccc(C(C)C)c1N=C([O-])C(C)(C)C.CCOCC.CCOCC.CCOCC.[K+].[U+3]. The van der Waals surface area contributed by atoms with Gasteiger partial charge in [-0.25, -0.2) is 0 Å². The number of nitrogens with zero attached hydrogens (tertiary/aromatic N) is 4. The molecule has 0 spiro atoms. The van der Waals surface area contributed by atoms with Crippen molar-refractivity contribution in [3.8, 4) is 0 Å². The summed E-state index contributed by atoms with van der Waals surface area (Å²) in [5.74, 6) is 2.71. The Labute approximate surface area is 745 Å². The number of benzene rings is 4. The van der Waals surface area contributed by atoms with Crippen molar-refractivity contribution in [2.45, 2.75) is 283 Å². The quantitative estimate of drug-likeness (QED) is 0.0514. The van der Waals surface area contributed by atoms with Gasteiger partial charge in [-0.1, -0.05) is 267 Å². The summed E-state index contributed by atoms with van der Waals surface area (Å²) in [5.41, 5.74) is 11.0. The molecule has 4 aromatic carbocycles. The van der Waals surface area contributed by atoms with Gasteiger partial charge in [-0.15, -0.1) is 0 Å². The maximum Gasteiger partial charge on any atom is 3.00 e. The van der Waals surface area contributed by atoms with E-state index in [-0.39, 0.29) is 106 Å². The molecule has 0 aliphatic carbocycles. The van der Waals surface area contributed by atoms with Crippen LogP contribution in [0.4, 0.5) is 22.7 Å². The summed E-state index contributed by atoms with van der Waals surface area (Å²) in [7, 11) is 0. The van der Waals surface area contributed by atoms with Crippen molar-refractivity contribution in [2.75, 3.05) is 119 Å². The standard InChI is InChI=1S/4C17H27NO.C12H24O6.3C4H10O.K.U/c4*1-11(2)13-9-8-10-14(12(3)4)15(13)18-16(19)17(5,6)7;1-2-14-5-6-16-9-10-18-12-11-17-8-7-15-4-3-13-1;3*1-3-5-4-2;;/h4*8-12H,1-7H3,(H,18,19);1-12H2;3*3-4H2,1-2H3;;/q;;;;;;;;+1;+3/p-4. The minimum atomic E-state index is -0.432. The third kappa shape index (κ3) is 53.2. The monoisotopic (exact) mass is 1800 g/mol. The number of hydrogen-bond acceptors (Lipinski definition) is 17. The summed E-state index contributed by atoms with van der Waals surface area (Å²) < 4.78 is 46.5. The Morgan fingerprint density at radius 1 is 0.270 bits per heavy atom. The van der Waals surface area contributed by atoms with Crippen LogP contribution in [0.2, 0.25) is 0 Å². The van der Waals surface area contributed by atoms with E-state index >= 15 is 0 Å². The van der Waals surface area contributed by atoms with Gasteiger partial charge in [0, 0.05) is 39.6 Å². The minimum Gasteiger partial charge on any atom is -0.861 e. The molecule has 19 heteroatoms. The van der Waals surface area contributed by atoms with E-state index in [1.165, 1.54) is 0 Å². The van der Waals surface area contributed by atoms with Crippen LogP contribution >= 0.6 is 0 Å². The van der Waals surface area contributed by atoms with E-state index in [2.05, 4.69) is 204 Å². The molecule has 0 bridgehead atoms. The fraction of sp³-hybridized carbons (Fsp3) is 0.696. The van der Waals surface area contributed by atoms with Crippen molar-refractivity contribution in [2.24, 2.45) is 41.6 Å². The maximum atomic E-state index is 12.2. The average Bonchev–Trinajstić information content (AvgIpc) is 0.834. The van der Waals surface area contributed by atoms with Gasteiger partial charge in [0.05, 0.1) is 102 Å². The van der Waals surface area contributed by atoms with E-state index in [4.69, 9.17) is 42.6 Å². The molecule has 1 radical (unpaired) electrons. The average molecular weight is 1810 g/mol. The minimum absolute atomic E-state index is 0. The second-order valence-electron chi connectivity index (χ2n) is 33.1. The number of hydrogen-bond donors (Lipinski definition) is 0. The molecule has 629 valence electrons. The molecule has 1 aliphatic heterocycles. The van der Waals surface area contributed by atoms with E-state index in [0.29, 0.717) is 127 Å². The van der Waals surface area contributed by atoms with Gasteiger partial charge in [0.15, 0.2) is 0 Å². The molecule has 0 amide bonds. The Morgan fingerprint density at radius 3 is 0.450 bits per heavy atom. The number of para-hydroxylation sites is 4. The van der Waals surface area contributed by atoms with Crippen molar-refractivity contribution in [1.29, 1.82) is 0 Å². The molecule has 1 fully saturated rings. The molecular formula is C92H158KN4O13U.